The van der Waals surface area contributed by atoms with E-state index in [1.807, 2.05) is 0 Å². The van der Waals surface area contributed by atoms with Crippen LogP contribution in [0.15, 0.2) is 0 Å². The maximum Gasteiger partial charge on any atom is 0.0357 e. The summed E-state index contributed by atoms with van der Waals surface area (Å²) in [5.74, 6) is 1.63. The summed E-state index contributed by atoms with van der Waals surface area (Å²) in [5.41, 5.74) is 6.48. The van der Waals surface area contributed by atoms with Crippen LogP contribution in [0.25, 0.3) is 0 Å². The average molecular weight is 240 g/mol. The van der Waals surface area contributed by atoms with E-state index >= 15 is 0 Å². The molecule has 0 aromatic rings. The van der Waals surface area contributed by atoms with Gasteiger partial charge in [0, 0.05) is 12.1 Å². The monoisotopic (exact) mass is 240 g/mol. The van der Waals surface area contributed by atoms with Gasteiger partial charge in [0.05, 0.1) is 0 Å². The SMILES string of the molecule is CCCN(CCC)C1(CN)CCC(C)CC1C. The first-order chi connectivity index (χ1) is 8.10. The Morgan fingerprint density at radius 3 is 2.18 bits per heavy atom. The molecule has 0 radical (unpaired) electrons. The molecule has 0 bridgehead atoms. The molecule has 0 amide bonds. The van der Waals surface area contributed by atoms with E-state index in [2.05, 4.69) is 32.6 Å². The highest BCUT2D eigenvalue weighted by atomic mass is 15.2. The molecule has 0 aliphatic heterocycles. The maximum atomic E-state index is 6.19. The topological polar surface area (TPSA) is 29.3 Å². The van der Waals surface area contributed by atoms with Crippen LogP contribution in [0.4, 0.5) is 0 Å². The standard InChI is InChI=1S/C15H32N2/c1-5-9-17(10-6-2)15(12-16)8-7-13(3)11-14(15)4/h13-14H,5-12,16H2,1-4H3. The molecular formula is C15H32N2. The summed E-state index contributed by atoms with van der Waals surface area (Å²) in [6.45, 7) is 12.6. The van der Waals surface area contributed by atoms with Gasteiger partial charge in [0.1, 0.15) is 0 Å². The second-order valence-electron chi connectivity index (χ2n) is 6.08. The van der Waals surface area contributed by atoms with Crippen molar-refractivity contribution in [3.8, 4) is 0 Å². The van der Waals surface area contributed by atoms with Crippen molar-refractivity contribution in [2.45, 2.75) is 65.3 Å². The average Bonchev–Trinajstić information content (AvgIpc) is 2.30. The van der Waals surface area contributed by atoms with Crippen LogP contribution >= 0.6 is 0 Å². The molecule has 0 aromatic heterocycles. The van der Waals surface area contributed by atoms with Gasteiger partial charge >= 0.3 is 0 Å². The summed E-state index contributed by atoms with van der Waals surface area (Å²) < 4.78 is 0. The highest BCUT2D eigenvalue weighted by molar-refractivity contribution is 4.99. The third kappa shape index (κ3) is 3.23. The Hall–Kier alpha value is -0.0800. The lowest BCUT2D eigenvalue weighted by atomic mass is 9.69. The normalized spacial score (nSPS) is 34.2. The Kier molecular flexibility index (Phi) is 5.94. The summed E-state index contributed by atoms with van der Waals surface area (Å²) >= 11 is 0. The third-order valence-corrected chi connectivity index (χ3v) is 4.71. The minimum Gasteiger partial charge on any atom is -0.329 e. The number of hydrogen-bond acceptors (Lipinski definition) is 2. The zero-order valence-electron chi connectivity index (χ0n) is 12.3. The molecule has 0 heterocycles. The van der Waals surface area contributed by atoms with Gasteiger partial charge in [-0.05, 0) is 57.0 Å². The molecule has 2 heteroatoms. The van der Waals surface area contributed by atoms with Gasteiger partial charge < -0.3 is 5.73 Å². The van der Waals surface area contributed by atoms with Gasteiger partial charge in [0.15, 0.2) is 0 Å². The molecule has 0 saturated heterocycles. The second kappa shape index (κ2) is 6.75. The zero-order chi connectivity index (χ0) is 12.9. The molecule has 3 atom stereocenters. The van der Waals surface area contributed by atoms with E-state index < -0.39 is 0 Å². The summed E-state index contributed by atoms with van der Waals surface area (Å²) in [7, 11) is 0. The van der Waals surface area contributed by atoms with E-state index in [1.54, 1.807) is 0 Å². The van der Waals surface area contributed by atoms with Crippen LogP contribution in [0.1, 0.15) is 59.8 Å². The van der Waals surface area contributed by atoms with Crippen molar-refractivity contribution in [1.82, 2.24) is 4.90 Å². The lowest BCUT2D eigenvalue weighted by molar-refractivity contribution is -0.000410. The molecule has 0 aromatic carbocycles. The first-order valence-electron chi connectivity index (χ1n) is 7.55. The Bertz CT molecular complexity index is 211. The molecule has 2 nitrogen and oxygen atoms in total. The minimum absolute atomic E-state index is 0.290. The first-order valence-corrected chi connectivity index (χ1v) is 7.55. The fourth-order valence-corrected chi connectivity index (χ4v) is 3.68. The molecule has 1 saturated carbocycles. The molecule has 2 N–H and O–H groups in total. The predicted octanol–water partition coefficient (Wildman–Crippen LogP) is 3.26. The Labute approximate surface area is 108 Å². The molecule has 1 fully saturated rings. The molecule has 3 unspecified atom stereocenters. The van der Waals surface area contributed by atoms with Crippen LogP contribution in [0.5, 0.6) is 0 Å². The van der Waals surface area contributed by atoms with Gasteiger partial charge in [-0.15, -0.1) is 0 Å². The Morgan fingerprint density at radius 1 is 1.18 bits per heavy atom. The van der Waals surface area contributed by atoms with Gasteiger partial charge in [-0.2, -0.15) is 0 Å². The van der Waals surface area contributed by atoms with E-state index in [0.29, 0.717) is 5.54 Å². The molecule has 102 valence electrons. The molecular weight excluding hydrogens is 208 g/mol. The zero-order valence-corrected chi connectivity index (χ0v) is 12.3. The van der Waals surface area contributed by atoms with Crippen molar-refractivity contribution >= 4 is 0 Å². The highest BCUT2D eigenvalue weighted by Gasteiger charge is 2.42. The lowest BCUT2D eigenvalue weighted by Gasteiger charge is -2.51. The Morgan fingerprint density at radius 2 is 1.76 bits per heavy atom. The van der Waals surface area contributed by atoms with Crippen molar-refractivity contribution in [1.29, 1.82) is 0 Å². The lowest BCUT2D eigenvalue weighted by Crippen LogP contribution is -2.60. The van der Waals surface area contributed by atoms with Gasteiger partial charge in [0.2, 0.25) is 0 Å². The van der Waals surface area contributed by atoms with Crippen LogP contribution in [0.2, 0.25) is 0 Å². The summed E-state index contributed by atoms with van der Waals surface area (Å²) in [5, 5.41) is 0. The summed E-state index contributed by atoms with van der Waals surface area (Å²) in [6.07, 6.45) is 6.48. The number of rotatable bonds is 6. The van der Waals surface area contributed by atoms with E-state index in [0.717, 1.165) is 18.4 Å². The van der Waals surface area contributed by atoms with Gasteiger partial charge in [-0.3, -0.25) is 4.90 Å². The second-order valence-corrected chi connectivity index (χ2v) is 6.08. The largest absolute Gasteiger partial charge is 0.329 e. The van der Waals surface area contributed by atoms with Crippen LogP contribution in [0, 0.1) is 11.8 Å². The first kappa shape index (κ1) is 15.0. The fourth-order valence-electron chi connectivity index (χ4n) is 3.68. The Balaban J connectivity index is 2.83. The van der Waals surface area contributed by atoms with E-state index in [9.17, 15) is 0 Å². The maximum absolute atomic E-state index is 6.19. The van der Waals surface area contributed by atoms with Crippen LogP contribution < -0.4 is 5.73 Å². The number of nitrogens with two attached hydrogens (primary N) is 1. The van der Waals surface area contributed by atoms with Gasteiger partial charge in [-0.1, -0.05) is 27.7 Å². The van der Waals surface area contributed by atoms with E-state index in [4.69, 9.17) is 5.73 Å². The van der Waals surface area contributed by atoms with Crippen LogP contribution in [-0.4, -0.2) is 30.1 Å². The van der Waals surface area contributed by atoms with Gasteiger partial charge in [-0.25, -0.2) is 0 Å². The smallest absolute Gasteiger partial charge is 0.0357 e. The molecule has 0 spiro atoms. The minimum atomic E-state index is 0.290. The summed E-state index contributed by atoms with van der Waals surface area (Å²) in [6, 6.07) is 0. The van der Waals surface area contributed by atoms with Crippen molar-refractivity contribution < 1.29 is 0 Å². The third-order valence-electron chi connectivity index (χ3n) is 4.71. The fraction of sp³-hybridized carbons (Fsp3) is 1.00. The molecule has 17 heavy (non-hydrogen) atoms. The van der Waals surface area contributed by atoms with Crippen molar-refractivity contribution in [3.05, 3.63) is 0 Å². The number of nitrogens with zero attached hydrogens (tertiary/aromatic N) is 1. The molecule has 1 aliphatic carbocycles. The molecule has 1 rings (SSSR count). The van der Waals surface area contributed by atoms with Crippen molar-refractivity contribution in [2.24, 2.45) is 17.6 Å². The van der Waals surface area contributed by atoms with Crippen molar-refractivity contribution in [2.75, 3.05) is 19.6 Å². The quantitative estimate of drug-likeness (QED) is 0.772. The van der Waals surface area contributed by atoms with E-state index in [-0.39, 0.29) is 0 Å². The highest BCUT2D eigenvalue weighted by Crippen LogP contribution is 2.40. The van der Waals surface area contributed by atoms with E-state index in [1.165, 1.54) is 45.2 Å². The van der Waals surface area contributed by atoms with Crippen LogP contribution in [-0.2, 0) is 0 Å². The number of hydrogen-bond donors (Lipinski definition) is 1. The van der Waals surface area contributed by atoms with Gasteiger partial charge in [0.25, 0.3) is 0 Å². The van der Waals surface area contributed by atoms with Crippen LogP contribution in [0.3, 0.4) is 0 Å². The van der Waals surface area contributed by atoms with Crippen molar-refractivity contribution in [3.63, 3.8) is 0 Å². The molecule has 1 aliphatic rings. The predicted molar refractivity (Wildman–Crippen MR) is 76.1 cm³/mol. The summed E-state index contributed by atoms with van der Waals surface area (Å²) in [4.78, 5) is 2.70.